The Hall–Kier alpha value is -1.61. The molecule has 0 aliphatic heterocycles. The monoisotopic (exact) mass is 257 g/mol. The fourth-order valence-electron chi connectivity index (χ4n) is 2.27. The molecular weight excluding hydrogens is 234 g/mol. The third-order valence-corrected chi connectivity index (χ3v) is 3.34. The molecular formula is C16H23N3. The number of hydrogen-bond donors (Lipinski definition) is 1. The van der Waals surface area contributed by atoms with Crippen molar-refractivity contribution in [3.63, 3.8) is 0 Å². The van der Waals surface area contributed by atoms with Crippen molar-refractivity contribution in [3.05, 3.63) is 54.4 Å². The van der Waals surface area contributed by atoms with E-state index in [0.717, 1.165) is 13.1 Å². The highest BCUT2D eigenvalue weighted by molar-refractivity contribution is 5.18. The van der Waals surface area contributed by atoms with Crippen LogP contribution in [0.1, 0.15) is 37.8 Å². The van der Waals surface area contributed by atoms with E-state index < -0.39 is 0 Å². The van der Waals surface area contributed by atoms with Gasteiger partial charge in [0, 0.05) is 25.0 Å². The van der Waals surface area contributed by atoms with E-state index in [0.29, 0.717) is 6.04 Å². The summed E-state index contributed by atoms with van der Waals surface area (Å²) in [6, 6.07) is 13.1. The van der Waals surface area contributed by atoms with E-state index in [-0.39, 0.29) is 0 Å². The lowest BCUT2D eigenvalue weighted by Crippen LogP contribution is -2.25. The smallest absolute Gasteiger partial charge is 0.0534 e. The first-order valence-electron chi connectivity index (χ1n) is 7.16. The lowest BCUT2D eigenvalue weighted by Gasteiger charge is -2.19. The zero-order valence-corrected chi connectivity index (χ0v) is 11.6. The van der Waals surface area contributed by atoms with E-state index in [1.54, 1.807) is 0 Å². The Morgan fingerprint density at radius 1 is 1.21 bits per heavy atom. The molecule has 0 spiro atoms. The Labute approximate surface area is 115 Å². The normalized spacial score (nSPS) is 12.5. The summed E-state index contributed by atoms with van der Waals surface area (Å²) in [6.07, 6.45) is 7.52. The number of rotatable bonds is 8. The molecule has 1 unspecified atom stereocenters. The van der Waals surface area contributed by atoms with Gasteiger partial charge >= 0.3 is 0 Å². The zero-order valence-electron chi connectivity index (χ0n) is 11.6. The van der Waals surface area contributed by atoms with Crippen LogP contribution in [0.5, 0.6) is 0 Å². The summed E-state index contributed by atoms with van der Waals surface area (Å²) in [5, 5.41) is 7.87. The van der Waals surface area contributed by atoms with Crippen molar-refractivity contribution in [1.82, 2.24) is 15.1 Å². The number of aromatic nitrogens is 2. The minimum atomic E-state index is 0.455. The molecule has 0 aliphatic carbocycles. The van der Waals surface area contributed by atoms with Crippen LogP contribution < -0.4 is 5.32 Å². The lowest BCUT2D eigenvalue weighted by molar-refractivity contribution is 0.453. The van der Waals surface area contributed by atoms with Crippen molar-refractivity contribution in [2.45, 2.75) is 38.8 Å². The van der Waals surface area contributed by atoms with Crippen LogP contribution in [0.2, 0.25) is 0 Å². The molecule has 19 heavy (non-hydrogen) atoms. The Morgan fingerprint density at radius 2 is 2.05 bits per heavy atom. The highest BCUT2D eigenvalue weighted by Crippen LogP contribution is 2.18. The van der Waals surface area contributed by atoms with E-state index in [1.165, 1.54) is 24.8 Å². The summed E-state index contributed by atoms with van der Waals surface area (Å²) in [5.74, 6) is 0. The topological polar surface area (TPSA) is 29.9 Å². The molecule has 0 saturated carbocycles. The summed E-state index contributed by atoms with van der Waals surface area (Å²) in [5.41, 5.74) is 1.39. The van der Waals surface area contributed by atoms with Crippen molar-refractivity contribution in [2.24, 2.45) is 0 Å². The molecule has 2 rings (SSSR count). The predicted molar refractivity (Wildman–Crippen MR) is 78.9 cm³/mol. The first-order chi connectivity index (χ1) is 9.40. The third kappa shape index (κ3) is 4.52. The molecule has 0 fully saturated rings. The molecule has 3 nitrogen and oxygen atoms in total. The minimum absolute atomic E-state index is 0.455. The van der Waals surface area contributed by atoms with Gasteiger partial charge in [0.2, 0.25) is 0 Å². The summed E-state index contributed by atoms with van der Waals surface area (Å²) >= 11 is 0. The highest BCUT2D eigenvalue weighted by atomic mass is 15.3. The quantitative estimate of drug-likeness (QED) is 0.785. The SMILES string of the molecule is CCCCC(NCCn1cccn1)c1ccccc1. The van der Waals surface area contributed by atoms with Crippen LogP contribution in [0, 0.1) is 0 Å². The molecule has 0 aliphatic rings. The van der Waals surface area contributed by atoms with Crippen molar-refractivity contribution in [2.75, 3.05) is 6.54 Å². The Morgan fingerprint density at radius 3 is 2.74 bits per heavy atom. The van der Waals surface area contributed by atoms with Crippen LogP contribution in [-0.4, -0.2) is 16.3 Å². The van der Waals surface area contributed by atoms with Gasteiger partial charge in [0.1, 0.15) is 0 Å². The van der Waals surface area contributed by atoms with Crippen LogP contribution in [0.25, 0.3) is 0 Å². The van der Waals surface area contributed by atoms with E-state index in [2.05, 4.69) is 47.7 Å². The number of hydrogen-bond acceptors (Lipinski definition) is 2. The van der Waals surface area contributed by atoms with Gasteiger partial charge in [-0.15, -0.1) is 0 Å². The second kappa shape index (κ2) is 7.74. The third-order valence-electron chi connectivity index (χ3n) is 3.34. The van der Waals surface area contributed by atoms with Gasteiger partial charge in [-0.1, -0.05) is 50.1 Å². The first-order valence-corrected chi connectivity index (χ1v) is 7.16. The van der Waals surface area contributed by atoms with Gasteiger partial charge in [0.15, 0.2) is 0 Å². The van der Waals surface area contributed by atoms with E-state index in [4.69, 9.17) is 0 Å². The molecule has 1 aromatic carbocycles. The maximum Gasteiger partial charge on any atom is 0.0534 e. The van der Waals surface area contributed by atoms with Crippen molar-refractivity contribution < 1.29 is 0 Å². The second-order valence-electron chi connectivity index (χ2n) is 4.83. The van der Waals surface area contributed by atoms with Gasteiger partial charge in [0.25, 0.3) is 0 Å². The molecule has 3 heteroatoms. The Bertz CT molecular complexity index is 436. The molecule has 0 amide bonds. The maximum atomic E-state index is 4.22. The summed E-state index contributed by atoms with van der Waals surface area (Å²) in [7, 11) is 0. The highest BCUT2D eigenvalue weighted by Gasteiger charge is 2.09. The largest absolute Gasteiger partial charge is 0.308 e. The Kier molecular flexibility index (Phi) is 5.63. The average Bonchev–Trinajstić information content (AvgIpc) is 2.97. The van der Waals surface area contributed by atoms with Crippen LogP contribution in [-0.2, 0) is 6.54 Å². The van der Waals surface area contributed by atoms with Crippen molar-refractivity contribution in [3.8, 4) is 0 Å². The number of benzene rings is 1. The average molecular weight is 257 g/mol. The van der Waals surface area contributed by atoms with Gasteiger partial charge in [-0.2, -0.15) is 5.10 Å². The molecule has 1 N–H and O–H groups in total. The molecule has 1 atom stereocenters. The van der Waals surface area contributed by atoms with Gasteiger partial charge in [-0.3, -0.25) is 4.68 Å². The molecule has 1 heterocycles. The summed E-state index contributed by atoms with van der Waals surface area (Å²) < 4.78 is 1.97. The standard InChI is InChI=1S/C16H23N3/c1-2-3-10-16(15-8-5-4-6-9-15)17-12-14-19-13-7-11-18-19/h4-9,11,13,16-17H,2-3,10,12,14H2,1H3. The maximum absolute atomic E-state index is 4.22. The van der Waals surface area contributed by atoms with Crippen molar-refractivity contribution in [1.29, 1.82) is 0 Å². The summed E-state index contributed by atoms with van der Waals surface area (Å²) in [6.45, 7) is 4.11. The van der Waals surface area contributed by atoms with E-state index in [1.807, 2.05) is 23.1 Å². The molecule has 0 bridgehead atoms. The fourth-order valence-corrected chi connectivity index (χ4v) is 2.27. The van der Waals surface area contributed by atoms with E-state index in [9.17, 15) is 0 Å². The number of nitrogens with one attached hydrogen (secondary N) is 1. The molecule has 2 aromatic rings. The van der Waals surface area contributed by atoms with Gasteiger partial charge in [-0.05, 0) is 18.1 Å². The molecule has 1 aromatic heterocycles. The fraction of sp³-hybridized carbons (Fsp3) is 0.438. The first kappa shape index (κ1) is 13.8. The number of nitrogens with zero attached hydrogens (tertiary/aromatic N) is 2. The van der Waals surface area contributed by atoms with Crippen LogP contribution in [0.3, 0.4) is 0 Å². The lowest BCUT2D eigenvalue weighted by atomic mass is 10.0. The predicted octanol–water partition coefficient (Wildman–Crippen LogP) is 3.40. The molecule has 0 radical (unpaired) electrons. The van der Waals surface area contributed by atoms with Crippen LogP contribution >= 0.6 is 0 Å². The Balaban J connectivity index is 1.87. The number of unbranched alkanes of at least 4 members (excludes halogenated alkanes) is 1. The molecule has 0 saturated heterocycles. The summed E-state index contributed by atoms with van der Waals surface area (Å²) in [4.78, 5) is 0. The zero-order chi connectivity index (χ0) is 13.3. The van der Waals surface area contributed by atoms with Gasteiger partial charge in [0.05, 0.1) is 6.54 Å². The van der Waals surface area contributed by atoms with Crippen molar-refractivity contribution >= 4 is 0 Å². The molecule has 102 valence electrons. The van der Waals surface area contributed by atoms with Gasteiger partial charge in [-0.25, -0.2) is 0 Å². The van der Waals surface area contributed by atoms with Crippen LogP contribution in [0.4, 0.5) is 0 Å². The second-order valence-corrected chi connectivity index (χ2v) is 4.83. The van der Waals surface area contributed by atoms with Gasteiger partial charge < -0.3 is 5.32 Å². The minimum Gasteiger partial charge on any atom is -0.308 e. The van der Waals surface area contributed by atoms with E-state index >= 15 is 0 Å². The van der Waals surface area contributed by atoms with Crippen LogP contribution in [0.15, 0.2) is 48.8 Å².